The third kappa shape index (κ3) is 3.65. The van der Waals surface area contributed by atoms with Crippen LogP contribution >= 0.6 is 0 Å². The first-order chi connectivity index (χ1) is 10.3. The molecule has 2 amide bonds. The van der Waals surface area contributed by atoms with E-state index >= 15 is 0 Å². The molecule has 0 aromatic carbocycles. The number of allylic oxidation sites excluding steroid dienone is 2. The molecular formula is C16H24N4O. The smallest absolute Gasteiger partial charge is 0.317 e. The maximum absolute atomic E-state index is 12.2. The van der Waals surface area contributed by atoms with E-state index in [2.05, 4.69) is 27.0 Å². The van der Waals surface area contributed by atoms with Crippen LogP contribution in [0.1, 0.15) is 25.7 Å². The quantitative estimate of drug-likeness (QED) is 0.667. The Morgan fingerprint density at radius 3 is 2.62 bits per heavy atom. The minimum atomic E-state index is 0.118. The molecule has 1 saturated heterocycles. The third-order valence-electron chi connectivity index (χ3n) is 4.59. The molecule has 2 aliphatic rings. The molecule has 1 fully saturated rings. The van der Waals surface area contributed by atoms with Gasteiger partial charge in [-0.25, -0.2) is 9.78 Å². The van der Waals surface area contributed by atoms with Crippen molar-refractivity contribution in [1.82, 2.24) is 19.8 Å². The molecule has 1 aliphatic heterocycles. The average Bonchev–Trinajstić information content (AvgIpc) is 3.15. The van der Waals surface area contributed by atoms with Crippen LogP contribution in [-0.4, -0.2) is 40.1 Å². The van der Waals surface area contributed by atoms with Crippen LogP contribution in [0.2, 0.25) is 0 Å². The first-order valence-electron chi connectivity index (χ1n) is 7.96. The van der Waals surface area contributed by atoms with E-state index in [-0.39, 0.29) is 6.03 Å². The summed E-state index contributed by atoms with van der Waals surface area (Å²) in [6.07, 6.45) is 14.5. The molecule has 5 nitrogen and oxygen atoms in total. The minimum absolute atomic E-state index is 0.118. The lowest BCUT2D eigenvalue weighted by molar-refractivity contribution is 0.206. The van der Waals surface area contributed by atoms with Crippen molar-refractivity contribution in [3.63, 3.8) is 0 Å². The van der Waals surface area contributed by atoms with Crippen molar-refractivity contribution in [2.24, 2.45) is 11.8 Å². The van der Waals surface area contributed by atoms with Gasteiger partial charge in [0.1, 0.15) is 0 Å². The Morgan fingerprint density at radius 2 is 1.95 bits per heavy atom. The summed E-state index contributed by atoms with van der Waals surface area (Å²) in [6, 6.07) is 0.118. The molecule has 1 N–H and O–H groups in total. The Hall–Kier alpha value is -1.78. The van der Waals surface area contributed by atoms with Crippen LogP contribution in [0.3, 0.4) is 0 Å². The number of nitrogens with one attached hydrogen (secondary N) is 1. The molecule has 114 valence electrons. The highest BCUT2D eigenvalue weighted by Gasteiger charge is 2.34. The molecule has 21 heavy (non-hydrogen) atoms. The van der Waals surface area contributed by atoms with Crippen molar-refractivity contribution >= 4 is 6.03 Å². The fourth-order valence-electron chi connectivity index (χ4n) is 3.33. The Balaban J connectivity index is 1.32. The Labute approximate surface area is 126 Å². The second-order valence-corrected chi connectivity index (χ2v) is 6.11. The minimum Gasteiger partial charge on any atom is -0.338 e. The van der Waals surface area contributed by atoms with Crippen molar-refractivity contribution < 1.29 is 4.79 Å². The van der Waals surface area contributed by atoms with E-state index in [9.17, 15) is 4.79 Å². The van der Waals surface area contributed by atoms with Crippen molar-refractivity contribution in [2.75, 3.05) is 19.6 Å². The fourth-order valence-corrected chi connectivity index (χ4v) is 3.33. The molecule has 0 bridgehead atoms. The summed E-state index contributed by atoms with van der Waals surface area (Å²) in [5, 5.41) is 3.06. The van der Waals surface area contributed by atoms with Crippen molar-refractivity contribution in [3.05, 3.63) is 30.9 Å². The van der Waals surface area contributed by atoms with Gasteiger partial charge in [-0.3, -0.25) is 0 Å². The van der Waals surface area contributed by atoms with Crippen molar-refractivity contribution in [1.29, 1.82) is 0 Å². The number of urea groups is 1. The predicted octanol–water partition coefficient (Wildman–Crippen LogP) is 2.27. The molecular weight excluding hydrogens is 264 g/mol. The largest absolute Gasteiger partial charge is 0.338 e. The number of aryl methyl sites for hydroxylation is 1. The summed E-state index contributed by atoms with van der Waals surface area (Å²) in [4.78, 5) is 18.2. The number of hydrogen-bond acceptors (Lipinski definition) is 2. The van der Waals surface area contributed by atoms with Gasteiger partial charge >= 0.3 is 6.03 Å². The van der Waals surface area contributed by atoms with E-state index in [1.807, 2.05) is 17.4 Å². The Kier molecular flexibility index (Phi) is 4.58. The van der Waals surface area contributed by atoms with Gasteiger partial charge in [0.15, 0.2) is 0 Å². The van der Waals surface area contributed by atoms with Crippen LogP contribution in [0.4, 0.5) is 4.79 Å². The highest BCUT2D eigenvalue weighted by molar-refractivity contribution is 5.74. The summed E-state index contributed by atoms with van der Waals surface area (Å²) in [5.74, 6) is 1.36. The zero-order chi connectivity index (χ0) is 14.5. The van der Waals surface area contributed by atoms with Gasteiger partial charge in [0, 0.05) is 38.6 Å². The molecule has 0 radical (unpaired) electrons. The number of imidazole rings is 1. The normalized spacial score (nSPS) is 24.1. The number of nitrogens with zero attached hydrogens (tertiary/aromatic N) is 3. The second-order valence-electron chi connectivity index (χ2n) is 6.11. The highest BCUT2D eigenvalue weighted by atomic mass is 16.2. The third-order valence-corrected chi connectivity index (χ3v) is 4.59. The molecule has 3 rings (SSSR count). The van der Waals surface area contributed by atoms with Crippen LogP contribution in [0.25, 0.3) is 0 Å². The number of fused-ring (bicyclic) bond motifs is 1. The predicted molar refractivity (Wildman–Crippen MR) is 81.8 cm³/mol. The molecule has 1 aromatic heterocycles. The number of amides is 2. The lowest BCUT2D eigenvalue weighted by Crippen LogP contribution is -2.39. The van der Waals surface area contributed by atoms with Crippen LogP contribution in [0, 0.1) is 11.8 Å². The fraction of sp³-hybridized carbons (Fsp3) is 0.625. The topological polar surface area (TPSA) is 50.2 Å². The maximum Gasteiger partial charge on any atom is 0.317 e. The molecule has 2 heterocycles. The highest BCUT2D eigenvalue weighted by Crippen LogP contribution is 2.32. The van der Waals surface area contributed by atoms with Gasteiger partial charge in [-0.1, -0.05) is 12.2 Å². The van der Waals surface area contributed by atoms with Crippen LogP contribution in [-0.2, 0) is 6.54 Å². The lowest BCUT2D eigenvalue weighted by atomic mass is 9.86. The van der Waals surface area contributed by atoms with E-state index in [1.54, 1.807) is 6.20 Å². The number of carbonyl (C=O) groups excluding carboxylic acids is 1. The van der Waals surface area contributed by atoms with E-state index in [1.165, 1.54) is 0 Å². The molecule has 2 atom stereocenters. The average molecular weight is 288 g/mol. The molecule has 1 aliphatic carbocycles. The van der Waals surface area contributed by atoms with Crippen molar-refractivity contribution in [2.45, 2.75) is 32.2 Å². The van der Waals surface area contributed by atoms with E-state index in [0.717, 1.165) is 51.9 Å². The number of aromatic nitrogens is 2. The Bertz CT molecular complexity index is 466. The summed E-state index contributed by atoms with van der Waals surface area (Å²) in [5.41, 5.74) is 0. The first kappa shape index (κ1) is 14.2. The number of hydrogen-bond donors (Lipinski definition) is 1. The standard InChI is InChI=1S/C16H24N4O/c21-16(18-7-3-4-9-19-10-8-17-13-19)20-11-14-5-1-2-6-15(14)12-20/h1-2,8,10,13-15H,3-7,9,11-12H2,(H,18,21). The molecule has 5 heteroatoms. The van der Waals surface area contributed by atoms with Crippen LogP contribution in [0.15, 0.2) is 30.9 Å². The molecule has 1 aromatic rings. The summed E-state index contributed by atoms with van der Waals surface area (Å²) >= 11 is 0. The monoisotopic (exact) mass is 288 g/mol. The first-order valence-corrected chi connectivity index (χ1v) is 7.96. The second kappa shape index (κ2) is 6.78. The zero-order valence-corrected chi connectivity index (χ0v) is 12.4. The number of carbonyl (C=O) groups is 1. The van der Waals surface area contributed by atoms with E-state index in [0.29, 0.717) is 11.8 Å². The van der Waals surface area contributed by atoms with Gasteiger partial charge in [0.2, 0.25) is 0 Å². The van der Waals surface area contributed by atoms with Crippen LogP contribution < -0.4 is 5.32 Å². The van der Waals surface area contributed by atoms with Gasteiger partial charge < -0.3 is 14.8 Å². The molecule has 0 saturated carbocycles. The summed E-state index contributed by atoms with van der Waals surface area (Å²) in [7, 11) is 0. The molecule has 0 spiro atoms. The number of unbranched alkanes of at least 4 members (excludes halogenated alkanes) is 1. The van der Waals surface area contributed by atoms with Gasteiger partial charge in [-0.2, -0.15) is 0 Å². The number of likely N-dealkylation sites (tertiary alicyclic amines) is 1. The zero-order valence-electron chi connectivity index (χ0n) is 12.4. The number of rotatable bonds is 5. The van der Waals surface area contributed by atoms with Crippen LogP contribution in [0.5, 0.6) is 0 Å². The van der Waals surface area contributed by atoms with E-state index in [4.69, 9.17) is 0 Å². The van der Waals surface area contributed by atoms with Gasteiger partial charge in [-0.15, -0.1) is 0 Å². The molecule has 2 unspecified atom stereocenters. The van der Waals surface area contributed by atoms with Gasteiger partial charge in [0.05, 0.1) is 6.33 Å². The van der Waals surface area contributed by atoms with E-state index < -0.39 is 0 Å². The van der Waals surface area contributed by atoms with Crippen molar-refractivity contribution in [3.8, 4) is 0 Å². The summed E-state index contributed by atoms with van der Waals surface area (Å²) < 4.78 is 2.07. The summed E-state index contributed by atoms with van der Waals surface area (Å²) in [6.45, 7) is 3.58. The van der Waals surface area contributed by atoms with Gasteiger partial charge in [0.25, 0.3) is 0 Å². The SMILES string of the molecule is O=C(NCCCCn1ccnc1)N1CC2CC=CCC2C1. The lowest BCUT2D eigenvalue weighted by Gasteiger charge is -2.17. The maximum atomic E-state index is 12.2. The van der Waals surface area contributed by atoms with Gasteiger partial charge in [-0.05, 0) is 37.5 Å². The Morgan fingerprint density at radius 1 is 1.19 bits per heavy atom.